The first-order valence-corrected chi connectivity index (χ1v) is 7.77. The largest absolute Gasteiger partial charge is 0.367 e. The summed E-state index contributed by atoms with van der Waals surface area (Å²) in [5, 5.41) is 4.73. The lowest BCUT2D eigenvalue weighted by atomic mass is 10.2. The lowest BCUT2D eigenvalue weighted by molar-refractivity contribution is 0.0738. The number of carbonyl (C=O) groups is 1. The average Bonchev–Trinajstić information content (AvgIpc) is 2.57. The fourth-order valence-corrected chi connectivity index (χ4v) is 2.89. The minimum Gasteiger partial charge on any atom is -0.367 e. The maximum absolute atomic E-state index is 12.5. The topological polar surface area (TPSA) is 58.4 Å². The number of nitrogens with zero attached hydrogens (tertiary/aromatic N) is 4. The highest BCUT2D eigenvalue weighted by molar-refractivity contribution is 6.33. The second kappa shape index (κ2) is 6.42. The summed E-state index contributed by atoms with van der Waals surface area (Å²) in [6, 6.07) is 10.5. The van der Waals surface area contributed by atoms with Crippen molar-refractivity contribution < 1.29 is 4.79 Å². The molecule has 0 aliphatic carbocycles. The van der Waals surface area contributed by atoms with Crippen LogP contribution in [0.15, 0.2) is 41.2 Å². The molecule has 0 unspecified atom stereocenters. The van der Waals surface area contributed by atoms with Crippen molar-refractivity contribution in [2.45, 2.75) is 0 Å². The third kappa shape index (κ3) is 3.22. The molecule has 1 aromatic carbocycles. The van der Waals surface area contributed by atoms with Gasteiger partial charge in [-0.3, -0.25) is 9.59 Å². The van der Waals surface area contributed by atoms with Crippen LogP contribution in [0.2, 0.25) is 5.02 Å². The molecular formula is C16H17ClN4O2. The highest BCUT2D eigenvalue weighted by Crippen LogP contribution is 2.26. The van der Waals surface area contributed by atoms with Crippen LogP contribution in [0.1, 0.15) is 10.5 Å². The van der Waals surface area contributed by atoms with Crippen molar-refractivity contribution in [3.05, 3.63) is 57.5 Å². The molecule has 6 nitrogen and oxygen atoms in total. The van der Waals surface area contributed by atoms with Crippen LogP contribution in [0.25, 0.3) is 0 Å². The normalized spacial score (nSPS) is 14.9. The minimum atomic E-state index is -0.231. The first-order valence-electron chi connectivity index (χ1n) is 7.39. The van der Waals surface area contributed by atoms with E-state index >= 15 is 0 Å². The van der Waals surface area contributed by atoms with Crippen molar-refractivity contribution in [3.63, 3.8) is 0 Å². The molecule has 1 aliphatic heterocycles. The molecule has 0 bridgehead atoms. The van der Waals surface area contributed by atoms with Gasteiger partial charge in [0.05, 0.1) is 10.7 Å². The standard InChI is InChI=1S/C16H17ClN4O2/c1-19-15(22)7-6-13(18-19)16(23)21-10-8-20(9-11-21)14-5-3-2-4-12(14)17/h2-7H,8-11H2,1H3. The summed E-state index contributed by atoms with van der Waals surface area (Å²) in [7, 11) is 1.54. The summed E-state index contributed by atoms with van der Waals surface area (Å²) in [5.41, 5.74) is 1.05. The SMILES string of the molecule is Cn1nc(C(=O)N2CCN(c3ccccc3Cl)CC2)ccc1=O. The molecule has 3 rings (SSSR count). The van der Waals surface area contributed by atoms with Gasteiger partial charge in [0.15, 0.2) is 0 Å². The predicted molar refractivity (Wildman–Crippen MR) is 89.0 cm³/mol. The monoisotopic (exact) mass is 332 g/mol. The number of hydrogen-bond acceptors (Lipinski definition) is 4. The number of carbonyl (C=O) groups excluding carboxylic acids is 1. The zero-order valence-electron chi connectivity index (χ0n) is 12.8. The third-order valence-corrected chi connectivity index (χ3v) is 4.26. The summed E-state index contributed by atoms with van der Waals surface area (Å²) in [6.07, 6.45) is 0. The Morgan fingerprint density at radius 1 is 1.09 bits per heavy atom. The Hall–Kier alpha value is -2.34. The number of rotatable bonds is 2. The number of anilines is 1. The maximum atomic E-state index is 12.5. The molecular weight excluding hydrogens is 316 g/mol. The van der Waals surface area contributed by atoms with Gasteiger partial charge in [-0.2, -0.15) is 5.10 Å². The lowest BCUT2D eigenvalue weighted by Crippen LogP contribution is -2.49. The van der Waals surface area contributed by atoms with E-state index in [2.05, 4.69) is 10.00 Å². The molecule has 0 atom stereocenters. The summed E-state index contributed by atoms with van der Waals surface area (Å²) in [6.45, 7) is 2.60. The Morgan fingerprint density at radius 3 is 2.43 bits per heavy atom. The number of amides is 1. The number of halogens is 1. The van der Waals surface area contributed by atoms with Crippen molar-refractivity contribution in [3.8, 4) is 0 Å². The zero-order valence-corrected chi connectivity index (χ0v) is 13.5. The molecule has 0 N–H and O–H groups in total. The second-order valence-electron chi connectivity index (χ2n) is 5.41. The van der Waals surface area contributed by atoms with Gasteiger partial charge in [-0.1, -0.05) is 23.7 Å². The smallest absolute Gasteiger partial charge is 0.274 e. The van der Waals surface area contributed by atoms with Crippen LogP contribution in [0.3, 0.4) is 0 Å². The van der Waals surface area contributed by atoms with Crippen molar-refractivity contribution >= 4 is 23.2 Å². The van der Waals surface area contributed by atoms with Gasteiger partial charge in [0.1, 0.15) is 5.69 Å². The average molecular weight is 333 g/mol. The molecule has 23 heavy (non-hydrogen) atoms. The van der Waals surface area contributed by atoms with E-state index in [9.17, 15) is 9.59 Å². The van der Waals surface area contributed by atoms with Crippen molar-refractivity contribution in [2.24, 2.45) is 7.05 Å². The Morgan fingerprint density at radius 2 is 1.78 bits per heavy atom. The number of hydrogen-bond donors (Lipinski definition) is 0. The van der Waals surface area contributed by atoms with Crippen LogP contribution >= 0.6 is 11.6 Å². The van der Waals surface area contributed by atoms with Crippen LogP contribution in [-0.4, -0.2) is 46.8 Å². The molecule has 0 radical (unpaired) electrons. The number of para-hydroxylation sites is 1. The molecule has 1 fully saturated rings. The van der Waals surface area contributed by atoms with Gasteiger partial charge in [0.2, 0.25) is 0 Å². The fraction of sp³-hybridized carbons (Fsp3) is 0.312. The van der Waals surface area contributed by atoms with Gasteiger partial charge >= 0.3 is 0 Å². The summed E-state index contributed by atoms with van der Waals surface area (Å²) in [4.78, 5) is 27.8. The Balaban J connectivity index is 1.69. The summed E-state index contributed by atoms with van der Waals surface area (Å²) >= 11 is 6.22. The van der Waals surface area contributed by atoms with E-state index in [0.29, 0.717) is 36.9 Å². The highest BCUT2D eigenvalue weighted by atomic mass is 35.5. The van der Waals surface area contributed by atoms with Crippen LogP contribution < -0.4 is 10.5 Å². The zero-order chi connectivity index (χ0) is 16.4. The number of aromatic nitrogens is 2. The molecule has 120 valence electrons. The molecule has 0 spiro atoms. The second-order valence-corrected chi connectivity index (χ2v) is 5.82. The number of benzene rings is 1. The molecule has 0 saturated carbocycles. The number of piperazine rings is 1. The van der Waals surface area contributed by atoms with Crippen LogP contribution in [0.4, 0.5) is 5.69 Å². The van der Waals surface area contributed by atoms with Gasteiger partial charge < -0.3 is 9.80 Å². The lowest BCUT2D eigenvalue weighted by Gasteiger charge is -2.36. The van der Waals surface area contributed by atoms with E-state index in [4.69, 9.17) is 11.6 Å². The van der Waals surface area contributed by atoms with Gasteiger partial charge in [-0.15, -0.1) is 0 Å². The minimum absolute atomic E-state index is 0.153. The van der Waals surface area contributed by atoms with Crippen LogP contribution in [0.5, 0.6) is 0 Å². The highest BCUT2D eigenvalue weighted by Gasteiger charge is 2.24. The first-order chi connectivity index (χ1) is 11.1. The van der Waals surface area contributed by atoms with E-state index < -0.39 is 0 Å². The van der Waals surface area contributed by atoms with Crippen LogP contribution in [-0.2, 0) is 7.05 Å². The van der Waals surface area contributed by atoms with Gasteiger partial charge in [-0.05, 0) is 18.2 Å². The molecule has 2 aromatic rings. The van der Waals surface area contributed by atoms with E-state index in [-0.39, 0.29) is 11.5 Å². The predicted octanol–water partition coefficient (Wildman–Crippen LogP) is 1.40. The first kappa shape index (κ1) is 15.6. The van der Waals surface area contributed by atoms with Crippen molar-refractivity contribution in [1.29, 1.82) is 0 Å². The molecule has 1 saturated heterocycles. The van der Waals surface area contributed by atoms with Gasteiger partial charge in [0, 0.05) is 39.3 Å². The summed E-state index contributed by atoms with van der Waals surface area (Å²) < 4.78 is 1.17. The van der Waals surface area contributed by atoms with Crippen molar-refractivity contribution in [2.75, 3.05) is 31.1 Å². The fourth-order valence-electron chi connectivity index (χ4n) is 2.64. The van der Waals surface area contributed by atoms with E-state index in [1.165, 1.54) is 23.9 Å². The Labute approximate surface area is 138 Å². The quantitative estimate of drug-likeness (QED) is 0.834. The van der Waals surface area contributed by atoms with Crippen molar-refractivity contribution in [1.82, 2.24) is 14.7 Å². The Kier molecular flexibility index (Phi) is 4.34. The molecule has 2 heterocycles. The Bertz CT molecular complexity index is 782. The molecule has 1 aliphatic rings. The van der Waals surface area contributed by atoms with E-state index in [0.717, 1.165) is 5.69 Å². The van der Waals surface area contributed by atoms with E-state index in [1.54, 1.807) is 4.90 Å². The number of aryl methyl sites for hydroxylation is 1. The summed E-state index contributed by atoms with van der Waals surface area (Å²) in [5.74, 6) is -0.153. The molecule has 7 heteroatoms. The van der Waals surface area contributed by atoms with E-state index in [1.807, 2.05) is 24.3 Å². The molecule has 1 aromatic heterocycles. The van der Waals surface area contributed by atoms with Gasteiger partial charge in [0.25, 0.3) is 11.5 Å². The molecule has 1 amide bonds. The van der Waals surface area contributed by atoms with Gasteiger partial charge in [-0.25, -0.2) is 4.68 Å². The third-order valence-electron chi connectivity index (χ3n) is 3.94. The maximum Gasteiger partial charge on any atom is 0.274 e. The van der Waals surface area contributed by atoms with Crippen LogP contribution in [0, 0.1) is 0 Å².